The predicted octanol–water partition coefficient (Wildman–Crippen LogP) is 2.27. The van der Waals surface area contributed by atoms with Crippen molar-refractivity contribution in [2.24, 2.45) is 5.92 Å². The SMILES string of the molecule is O=C(O)c1ccc(-c2noc(CN3CCCC(CN4CCCC4=O)C3)n2)cc1. The summed E-state index contributed by atoms with van der Waals surface area (Å²) in [4.78, 5) is 31.6. The molecule has 2 saturated heterocycles. The molecule has 1 amide bonds. The molecule has 148 valence electrons. The zero-order chi connectivity index (χ0) is 19.5. The van der Waals surface area contributed by atoms with Crippen LogP contribution in [0, 0.1) is 5.92 Å². The molecule has 8 nitrogen and oxygen atoms in total. The highest BCUT2D eigenvalue weighted by atomic mass is 16.5. The largest absolute Gasteiger partial charge is 0.478 e. The fourth-order valence-electron chi connectivity index (χ4n) is 4.04. The maximum Gasteiger partial charge on any atom is 0.335 e. The molecule has 1 aromatic carbocycles. The van der Waals surface area contributed by atoms with Crippen LogP contribution in [-0.4, -0.2) is 63.1 Å². The van der Waals surface area contributed by atoms with Crippen LogP contribution in [0.15, 0.2) is 28.8 Å². The number of piperidine rings is 1. The van der Waals surface area contributed by atoms with Gasteiger partial charge in [0.25, 0.3) is 0 Å². The summed E-state index contributed by atoms with van der Waals surface area (Å²) in [7, 11) is 0. The number of amides is 1. The van der Waals surface area contributed by atoms with Crippen LogP contribution in [0.3, 0.4) is 0 Å². The van der Waals surface area contributed by atoms with Crippen molar-refractivity contribution < 1.29 is 19.2 Å². The monoisotopic (exact) mass is 384 g/mol. The van der Waals surface area contributed by atoms with Crippen molar-refractivity contribution in [2.45, 2.75) is 32.2 Å². The number of rotatable bonds is 6. The van der Waals surface area contributed by atoms with Gasteiger partial charge in [0, 0.05) is 31.6 Å². The van der Waals surface area contributed by atoms with E-state index in [4.69, 9.17) is 9.63 Å². The lowest BCUT2D eigenvalue weighted by Crippen LogP contribution is -2.41. The summed E-state index contributed by atoms with van der Waals surface area (Å²) in [5.41, 5.74) is 0.951. The van der Waals surface area contributed by atoms with Gasteiger partial charge in [-0.2, -0.15) is 4.98 Å². The first-order valence-corrected chi connectivity index (χ1v) is 9.75. The first-order valence-electron chi connectivity index (χ1n) is 9.75. The lowest BCUT2D eigenvalue weighted by molar-refractivity contribution is -0.128. The molecule has 8 heteroatoms. The Bertz CT molecular complexity index is 848. The molecular formula is C20H24N4O4. The molecule has 0 aliphatic carbocycles. The van der Waals surface area contributed by atoms with E-state index in [9.17, 15) is 9.59 Å². The third-order valence-electron chi connectivity index (χ3n) is 5.47. The van der Waals surface area contributed by atoms with Gasteiger partial charge >= 0.3 is 5.97 Å². The molecule has 2 aliphatic rings. The summed E-state index contributed by atoms with van der Waals surface area (Å²) in [5.74, 6) is 0.823. The minimum atomic E-state index is -0.962. The van der Waals surface area contributed by atoms with E-state index in [-0.39, 0.29) is 11.5 Å². The third-order valence-corrected chi connectivity index (χ3v) is 5.47. The zero-order valence-electron chi connectivity index (χ0n) is 15.7. The smallest absolute Gasteiger partial charge is 0.335 e. The molecule has 2 aromatic rings. The summed E-state index contributed by atoms with van der Waals surface area (Å²) in [6, 6.07) is 6.43. The molecule has 1 unspecified atom stereocenters. The van der Waals surface area contributed by atoms with Gasteiger partial charge in [-0.25, -0.2) is 4.79 Å². The summed E-state index contributed by atoms with van der Waals surface area (Å²) in [5, 5.41) is 13.0. The molecule has 0 radical (unpaired) electrons. The lowest BCUT2D eigenvalue weighted by atomic mass is 9.97. The average molecular weight is 384 g/mol. The van der Waals surface area contributed by atoms with Gasteiger partial charge in [0.2, 0.25) is 17.6 Å². The van der Waals surface area contributed by atoms with Crippen LogP contribution < -0.4 is 0 Å². The van der Waals surface area contributed by atoms with E-state index in [0.29, 0.717) is 30.6 Å². The lowest BCUT2D eigenvalue weighted by Gasteiger charge is -2.33. The molecule has 1 N–H and O–H groups in total. The normalized spacial score (nSPS) is 20.6. The topological polar surface area (TPSA) is 99.8 Å². The first-order chi connectivity index (χ1) is 13.6. The Hall–Kier alpha value is -2.74. The van der Waals surface area contributed by atoms with Gasteiger partial charge in [0.15, 0.2) is 0 Å². The van der Waals surface area contributed by atoms with Crippen molar-refractivity contribution in [1.29, 1.82) is 0 Å². The van der Waals surface area contributed by atoms with Crippen LogP contribution >= 0.6 is 0 Å². The van der Waals surface area contributed by atoms with Crippen molar-refractivity contribution in [2.75, 3.05) is 26.2 Å². The van der Waals surface area contributed by atoms with Crippen LogP contribution in [0.2, 0.25) is 0 Å². The molecule has 0 spiro atoms. The van der Waals surface area contributed by atoms with E-state index in [1.807, 2.05) is 4.90 Å². The number of aromatic carboxylic acids is 1. The molecule has 2 fully saturated rings. The van der Waals surface area contributed by atoms with E-state index in [0.717, 1.165) is 51.0 Å². The Balaban J connectivity index is 1.35. The van der Waals surface area contributed by atoms with Crippen LogP contribution in [-0.2, 0) is 11.3 Å². The summed E-state index contributed by atoms with van der Waals surface area (Å²) < 4.78 is 5.40. The van der Waals surface area contributed by atoms with Crippen molar-refractivity contribution in [3.8, 4) is 11.4 Å². The number of aromatic nitrogens is 2. The highest BCUT2D eigenvalue weighted by molar-refractivity contribution is 5.88. The average Bonchev–Trinajstić information content (AvgIpc) is 3.32. The van der Waals surface area contributed by atoms with E-state index in [1.165, 1.54) is 12.1 Å². The highest BCUT2D eigenvalue weighted by Crippen LogP contribution is 2.23. The van der Waals surface area contributed by atoms with E-state index in [1.54, 1.807) is 12.1 Å². The number of hydrogen-bond acceptors (Lipinski definition) is 6. The molecule has 1 aromatic heterocycles. The molecule has 1 atom stereocenters. The Morgan fingerprint density at radius 3 is 2.75 bits per heavy atom. The van der Waals surface area contributed by atoms with Gasteiger partial charge in [-0.05, 0) is 43.9 Å². The van der Waals surface area contributed by atoms with Gasteiger partial charge in [-0.15, -0.1) is 0 Å². The standard InChI is InChI=1S/C20H24N4O4/c25-18-4-2-10-24(18)12-14-3-1-9-23(11-14)13-17-21-19(22-28-17)15-5-7-16(8-6-15)20(26)27/h5-8,14H,1-4,9-13H2,(H,26,27). The van der Waals surface area contributed by atoms with Crippen molar-refractivity contribution in [1.82, 2.24) is 19.9 Å². The highest BCUT2D eigenvalue weighted by Gasteiger charge is 2.27. The van der Waals surface area contributed by atoms with Crippen molar-refractivity contribution in [3.05, 3.63) is 35.7 Å². The number of benzene rings is 1. The molecule has 28 heavy (non-hydrogen) atoms. The zero-order valence-corrected chi connectivity index (χ0v) is 15.7. The van der Waals surface area contributed by atoms with Crippen LogP contribution in [0.5, 0.6) is 0 Å². The van der Waals surface area contributed by atoms with Crippen LogP contribution in [0.4, 0.5) is 0 Å². The number of carbonyl (C=O) groups excluding carboxylic acids is 1. The fourth-order valence-corrected chi connectivity index (χ4v) is 4.04. The fraction of sp³-hybridized carbons (Fsp3) is 0.500. The number of carboxylic acid groups (broad SMARTS) is 1. The van der Waals surface area contributed by atoms with Crippen LogP contribution in [0.1, 0.15) is 41.9 Å². The Labute approximate surface area is 163 Å². The Kier molecular flexibility index (Phi) is 5.38. The molecule has 2 aliphatic heterocycles. The maximum atomic E-state index is 11.9. The molecule has 4 rings (SSSR count). The minimum absolute atomic E-state index is 0.225. The van der Waals surface area contributed by atoms with Crippen molar-refractivity contribution >= 4 is 11.9 Å². The predicted molar refractivity (Wildman–Crippen MR) is 101 cm³/mol. The third kappa shape index (κ3) is 4.22. The molecule has 3 heterocycles. The second-order valence-electron chi connectivity index (χ2n) is 7.58. The summed E-state index contributed by atoms with van der Waals surface area (Å²) in [6.07, 6.45) is 3.91. The second-order valence-corrected chi connectivity index (χ2v) is 7.58. The summed E-state index contributed by atoms with van der Waals surface area (Å²) >= 11 is 0. The first kappa shape index (κ1) is 18.6. The van der Waals surface area contributed by atoms with Gasteiger partial charge < -0.3 is 14.5 Å². The number of carbonyl (C=O) groups is 2. The van der Waals surface area contributed by atoms with E-state index < -0.39 is 5.97 Å². The summed E-state index contributed by atoms with van der Waals surface area (Å²) in [6.45, 7) is 4.23. The second kappa shape index (κ2) is 8.10. The molecule has 0 saturated carbocycles. The number of nitrogens with zero attached hydrogens (tertiary/aromatic N) is 4. The van der Waals surface area contributed by atoms with Crippen molar-refractivity contribution in [3.63, 3.8) is 0 Å². The van der Waals surface area contributed by atoms with E-state index in [2.05, 4.69) is 15.0 Å². The number of likely N-dealkylation sites (tertiary alicyclic amines) is 2. The van der Waals surface area contributed by atoms with Gasteiger partial charge in [0.1, 0.15) is 0 Å². The minimum Gasteiger partial charge on any atom is -0.478 e. The van der Waals surface area contributed by atoms with Gasteiger partial charge in [0.05, 0.1) is 12.1 Å². The molecular weight excluding hydrogens is 360 g/mol. The van der Waals surface area contributed by atoms with E-state index >= 15 is 0 Å². The Morgan fingerprint density at radius 2 is 2.04 bits per heavy atom. The number of hydrogen-bond donors (Lipinski definition) is 1. The quantitative estimate of drug-likeness (QED) is 0.815. The van der Waals surface area contributed by atoms with Crippen LogP contribution in [0.25, 0.3) is 11.4 Å². The Morgan fingerprint density at radius 1 is 1.21 bits per heavy atom. The van der Waals surface area contributed by atoms with Gasteiger partial charge in [-0.3, -0.25) is 9.69 Å². The van der Waals surface area contributed by atoms with Gasteiger partial charge in [-0.1, -0.05) is 17.3 Å². The maximum absolute atomic E-state index is 11.9. The molecule has 0 bridgehead atoms. The number of carboxylic acids is 1.